The molecule has 0 N–H and O–H groups in total. The second-order valence-electron chi connectivity index (χ2n) is 3.17. The van der Waals surface area contributed by atoms with E-state index in [4.69, 9.17) is 0 Å². The van der Waals surface area contributed by atoms with Gasteiger partial charge in [0, 0.05) is 10.6 Å². The van der Waals surface area contributed by atoms with Gasteiger partial charge in [0.1, 0.15) is 0 Å². The highest BCUT2D eigenvalue weighted by molar-refractivity contribution is 9.14. The second kappa shape index (κ2) is 4.53. The van der Waals surface area contributed by atoms with Crippen molar-refractivity contribution in [2.75, 3.05) is 0 Å². The zero-order chi connectivity index (χ0) is 13.4. The van der Waals surface area contributed by atoms with Gasteiger partial charge in [-0.2, -0.15) is 0 Å². The third-order valence-corrected chi connectivity index (χ3v) is 4.41. The summed E-state index contributed by atoms with van der Waals surface area (Å²) < 4.78 is -0.173. The molecule has 0 aromatic rings. The molecule has 92 valence electrons. The normalized spacial score (nSPS) is 24.4. The number of carbonyl (C=O) groups excluding carboxylic acids is 1. The maximum Gasteiger partial charge on any atom is 0.316 e. The van der Waals surface area contributed by atoms with E-state index < -0.39 is 27.1 Å². The Morgan fingerprint density at radius 2 is 1.88 bits per heavy atom. The molecule has 0 radical (unpaired) electrons. The first-order chi connectivity index (χ1) is 7.69. The molecule has 0 heterocycles. The van der Waals surface area contributed by atoms with Crippen LogP contribution in [0.15, 0.2) is 20.7 Å². The Labute approximate surface area is 111 Å². The van der Waals surface area contributed by atoms with Crippen LogP contribution >= 0.6 is 31.9 Å². The molecule has 0 amide bonds. The number of nitro groups is 1. The molecule has 1 aliphatic carbocycles. The lowest BCUT2D eigenvalue weighted by molar-refractivity contribution is -0.773. The van der Waals surface area contributed by atoms with Gasteiger partial charge in [-0.25, -0.2) is 0 Å². The number of hydrogen-bond donors (Lipinski definition) is 0. The van der Waals surface area contributed by atoms with Gasteiger partial charge in [-0.05, 0) is 22.9 Å². The Bertz CT molecular complexity index is 485. The fraction of sp³-hybridized carbons (Fsp3) is 0.286. The van der Waals surface area contributed by atoms with Gasteiger partial charge in [-0.15, -0.1) is 10.1 Å². The highest BCUT2D eigenvalue weighted by Gasteiger charge is 2.43. The molecular weight excluding hydrogens is 368 g/mol. The quantitative estimate of drug-likeness (QED) is 0.551. The van der Waals surface area contributed by atoms with Gasteiger partial charge in [0.05, 0.1) is 9.41 Å². The van der Waals surface area contributed by atoms with Crippen molar-refractivity contribution >= 4 is 37.6 Å². The van der Waals surface area contributed by atoms with E-state index in [2.05, 4.69) is 36.7 Å². The zero-order valence-corrected chi connectivity index (χ0v) is 11.3. The third kappa shape index (κ3) is 2.52. The van der Waals surface area contributed by atoms with Gasteiger partial charge in [0.15, 0.2) is 5.60 Å². The summed E-state index contributed by atoms with van der Waals surface area (Å²) >= 11 is 5.77. The largest absolute Gasteiger partial charge is 0.316 e. The molecule has 10 heteroatoms. The van der Waals surface area contributed by atoms with Crippen LogP contribution in [-0.4, -0.2) is 21.4 Å². The molecular formula is C7H4Br2N2O6. The number of halogens is 2. The summed E-state index contributed by atoms with van der Waals surface area (Å²) in [6, 6.07) is 0. The fourth-order valence-electron chi connectivity index (χ4n) is 1.18. The van der Waals surface area contributed by atoms with E-state index >= 15 is 0 Å². The van der Waals surface area contributed by atoms with E-state index in [1.165, 1.54) is 6.92 Å². The number of carbonyl (C=O) groups is 1. The number of rotatable bonds is 3. The summed E-state index contributed by atoms with van der Waals surface area (Å²) in [4.78, 5) is 35.8. The summed E-state index contributed by atoms with van der Waals surface area (Å²) in [5.41, 5.74) is -2.50. The van der Waals surface area contributed by atoms with Gasteiger partial charge < -0.3 is 0 Å². The standard InChI is InChI=1S/C7H4Br2N2O6/c1-7(17-11(15)16)2-3(10(13)14)5(12)4(8)6(7)9/h2H,1H3. The number of allylic oxidation sites excluding steroid dienone is 1. The second-order valence-corrected chi connectivity index (χ2v) is 4.75. The maximum atomic E-state index is 11.5. The molecule has 1 unspecified atom stereocenters. The Morgan fingerprint density at radius 1 is 1.35 bits per heavy atom. The summed E-state index contributed by atoms with van der Waals surface area (Å²) in [7, 11) is 0. The summed E-state index contributed by atoms with van der Waals surface area (Å²) in [6.07, 6.45) is 0.785. The van der Waals surface area contributed by atoms with Crippen LogP contribution in [0, 0.1) is 20.2 Å². The number of nitrogens with zero attached hydrogens (tertiary/aromatic N) is 2. The summed E-state index contributed by atoms with van der Waals surface area (Å²) in [6.45, 7) is 1.22. The van der Waals surface area contributed by atoms with Crippen LogP contribution in [0.2, 0.25) is 0 Å². The summed E-state index contributed by atoms with van der Waals surface area (Å²) in [5, 5.41) is 19.9. The molecule has 0 aliphatic heterocycles. The molecule has 0 spiro atoms. The topological polar surface area (TPSA) is 113 Å². The average Bonchev–Trinajstić information content (AvgIpc) is 2.19. The van der Waals surface area contributed by atoms with Crippen LogP contribution in [0.5, 0.6) is 0 Å². The first kappa shape index (κ1) is 13.8. The van der Waals surface area contributed by atoms with Crippen molar-refractivity contribution < 1.29 is 19.6 Å². The van der Waals surface area contributed by atoms with Crippen LogP contribution in [-0.2, 0) is 9.63 Å². The molecule has 0 aromatic carbocycles. The molecule has 1 atom stereocenters. The van der Waals surface area contributed by atoms with Gasteiger partial charge in [0.25, 0.3) is 10.9 Å². The lowest BCUT2D eigenvalue weighted by Gasteiger charge is -2.26. The monoisotopic (exact) mass is 370 g/mol. The molecule has 17 heavy (non-hydrogen) atoms. The molecule has 0 saturated carbocycles. The Balaban J connectivity index is 3.34. The Hall–Kier alpha value is -1.29. The predicted molar refractivity (Wildman–Crippen MR) is 61.4 cm³/mol. The van der Waals surface area contributed by atoms with Crippen molar-refractivity contribution in [3.8, 4) is 0 Å². The van der Waals surface area contributed by atoms with Crippen molar-refractivity contribution in [1.82, 2.24) is 0 Å². The van der Waals surface area contributed by atoms with Gasteiger partial charge in [-0.3, -0.25) is 19.7 Å². The van der Waals surface area contributed by atoms with E-state index in [9.17, 15) is 25.0 Å². The van der Waals surface area contributed by atoms with E-state index in [1.54, 1.807) is 0 Å². The molecule has 1 rings (SSSR count). The maximum absolute atomic E-state index is 11.5. The van der Waals surface area contributed by atoms with Crippen LogP contribution in [0.25, 0.3) is 0 Å². The lowest BCUT2D eigenvalue weighted by atomic mass is 9.97. The summed E-state index contributed by atoms with van der Waals surface area (Å²) in [5.74, 6) is -0.883. The van der Waals surface area contributed by atoms with Crippen LogP contribution < -0.4 is 0 Å². The highest BCUT2D eigenvalue weighted by atomic mass is 79.9. The number of hydrogen-bond acceptors (Lipinski definition) is 6. The molecule has 8 nitrogen and oxygen atoms in total. The van der Waals surface area contributed by atoms with Crippen LogP contribution in [0.4, 0.5) is 0 Å². The van der Waals surface area contributed by atoms with Crippen molar-refractivity contribution in [2.45, 2.75) is 12.5 Å². The Kier molecular flexibility index (Phi) is 3.67. The molecule has 1 aliphatic rings. The van der Waals surface area contributed by atoms with E-state index in [-0.39, 0.29) is 8.96 Å². The van der Waals surface area contributed by atoms with Crippen LogP contribution in [0.1, 0.15) is 6.92 Å². The van der Waals surface area contributed by atoms with Gasteiger partial charge >= 0.3 is 5.70 Å². The predicted octanol–water partition coefficient (Wildman–Crippen LogP) is 1.70. The number of Topliss-reactive ketones (excluding diaryl/α,β-unsaturated/α-hetero) is 1. The van der Waals surface area contributed by atoms with E-state index in [1.807, 2.05) is 0 Å². The third-order valence-electron chi connectivity index (χ3n) is 1.93. The molecule has 0 bridgehead atoms. The first-order valence-corrected chi connectivity index (χ1v) is 5.59. The van der Waals surface area contributed by atoms with E-state index in [0.717, 1.165) is 6.08 Å². The SMILES string of the molecule is CC1(O[N+](=O)[O-])C=C([N+](=O)[O-])C(=O)C(Br)=C1Br. The number of ketones is 1. The minimum atomic E-state index is -1.71. The zero-order valence-electron chi connectivity index (χ0n) is 8.18. The highest BCUT2D eigenvalue weighted by Crippen LogP contribution is 2.39. The van der Waals surface area contributed by atoms with E-state index in [0.29, 0.717) is 0 Å². The van der Waals surface area contributed by atoms with Crippen molar-refractivity contribution in [2.24, 2.45) is 0 Å². The molecule has 0 fully saturated rings. The van der Waals surface area contributed by atoms with Crippen LogP contribution in [0.3, 0.4) is 0 Å². The smallest absolute Gasteiger partial charge is 0.298 e. The van der Waals surface area contributed by atoms with Crippen molar-refractivity contribution in [3.63, 3.8) is 0 Å². The fourth-order valence-corrected chi connectivity index (χ4v) is 2.14. The van der Waals surface area contributed by atoms with Gasteiger partial charge in [0.2, 0.25) is 0 Å². The molecule has 0 aromatic heterocycles. The van der Waals surface area contributed by atoms with Crippen molar-refractivity contribution in [3.05, 3.63) is 41.0 Å². The minimum absolute atomic E-state index is 0.0114. The van der Waals surface area contributed by atoms with Crippen molar-refractivity contribution in [1.29, 1.82) is 0 Å². The molecule has 0 saturated heterocycles. The first-order valence-electron chi connectivity index (χ1n) is 4.00. The minimum Gasteiger partial charge on any atom is -0.298 e. The average molecular weight is 372 g/mol. The Morgan fingerprint density at radius 3 is 2.29 bits per heavy atom. The van der Waals surface area contributed by atoms with Gasteiger partial charge in [-0.1, -0.05) is 15.9 Å². The lowest BCUT2D eigenvalue weighted by Crippen LogP contribution is -2.36.